The number of nitriles is 1. The van der Waals surface area contributed by atoms with Crippen molar-refractivity contribution in [3.63, 3.8) is 0 Å². The van der Waals surface area contributed by atoms with Crippen LogP contribution in [0.1, 0.15) is 39.0 Å². The first kappa shape index (κ1) is 21.0. The number of rotatable bonds is 5. The fraction of sp³-hybridized carbons (Fsp3) is 0.200. The summed E-state index contributed by atoms with van der Waals surface area (Å²) in [4.78, 5) is 29.6. The first-order chi connectivity index (χ1) is 13.9. The zero-order valence-corrected chi connectivity index (χ0v) is 18.9. The zero-order valence-electron chi connectivity index (χ0n) is 15.9. The van der Waals surface area contributed by atoms with Crippen LogP contribution in [0.5, 0.6) is 0 Å². The molecule has 3 aromatic rings. The van der Waals surface area contributed by atoms with Gasteiger partial charge >= 0.3 is 5.97 Å². The molecule has 0 aliphatic rings. The monoisotopic (exact) mass is 520 g/mol. The maximum absolute atomic E-state index is 12.8. The Morgan fingerprint density at radius 1 is 1.38 bits per heavy atom. The number of esters is 1. The van der Waals surface area contributed by atoms with Crippen molar-refractivity contribution < 1.29 is 9.53 Å². The Labute approximate surface area is 184 Å². The van der Waals surface area contributed by atoms with Crippen LogP contribution in [-0.2, 0) is 4.74 Å². The van der Waals surface area contributed by atoms with E-state index in [0.717, 1.165) is 14.9 Å². The maximum Gasteiger partial charge on any atom is 0.348 e. The van der Waals surface area contributed by atoms with Gasteiger partial charge in [-0.2, -0.15) is 5.26 Å². The van der Waals surface area contributed by atoms with Gasteiger partial charge in [-0.05, 0) is 73.2 Å². The number of thiophene rings is 1. The Morgan fingerprint density at radius 2 is 2.07 bits per heavy atom. The van der Waals surface area contributed by atoms with Crippen LogP contribution in [0.3, 0.4) is 0 Å². The van der Waals surface area contributed by atoms with Crippen molar-refractivity contribution in [3.8, 4) is 11.8 Å². The summed E-state index contributed by atoms with van der Waals surface area (Å²) in [6.45, 7) is 5.43. The van der Waals surface area contributed by atoms with Gasteiger partial charge in [0.2, 0.25) is 0 Å². The maximum atomic E-state index is 12.8. The molecule has 0 saturated heterocycles. The van der Waals surface area contributed by atoms with Crippen molar-refractivity contribution in [3.05, 3.63) is 65.5 Å². The molecule has 29 heavy (non-hydrogen) atoms. The van der Waals surface area contributed by atoms with E-state index in [0.29, 0.717) is 37.9 Å². The van der Waals surface area contributed by atoms with Crippen molar-refractivity contribution in [1.82, 2.24) is 9.78 Å². The molecule has 2 heterocycles. The number of halogens is 1. The van der Waals surface area contributed by atoms with Crippen molar-refractivity contribution >= 4 is 51.1 Å². The molecule has 0 amide bonds. The predicted molar refractivity (Wildman–Crippen MR) is 121 cm³/mol. The van der Waals surface area contributed by atoms with E-state index in [4.69, 9.17) is 4.74 Å². The number of aliphatic imine (C=N–C) groups is 1. The normalized spacial score (nSPS) is 11.0. The average Bonchev–Trinajstić information content (AvgIpc) is 3.16. The SMILES string of the molecule is CCOC(=O)c1sc(N=Cc2c(C)[nH]n(-c3ccc(I)cc3)c2=O)c(C#N)c1C. The number of aryl methyl sites for hydroxylation is 1. The van der Waals surface area contributed by atoms with Crippen LogP contribution in [0.2, 0.25) is 0 Å². The molecule has 2 aromatic heterocycles. The van der Waals surface area contributed by atoms with Crippen molar-refractivity contribution in [2.45, 2.75) is 20.8 Å². The van der Waals surface area contributed by atoms with Gasteiger partial charge in [-0.15, -0.1) is 11.3 Å². The Morgan fingerprint density at radius 3 is 2.69 bits per heavy atom. The number of carbonyl (C=O) groups is 1. The molecule has 1 N–H and O–H groups in total. The molecule has 9 heteroatoms. The van der Waals surface area contributed by atoms with E-state index in [-0.39, 0.29) is 12.2 Å². The van der Waals surface area contributed by atoms with Crippen LogP contribution in [-0.4, -0.2) is 28.6 Å². The molecule has 0 fully saturated rings. The topological polar surface area (TPSA) is 100 Å². The second-order valence-electron chi connectivity index (χ2n) is 6.09. The number of hydrogen-bond acceptors (Lipinski definition) is 6. The molecule has 0 atom stereocenters. The molecule has 0 saturated carbocycles. The second kappa shape index (κ2) is 8.75. The van der Waals surface area contributed by atoms with E-state index in [1.807, 2.05) is 24.3 Å². The summed E-state index contributed by atoms with van der Waals surface area (Å²) in [5, 5.41) is 12.9. The first-order valence-electron chi connectivity index (χ1n) is 8.69. The lowest BCUT2D eigenvalue weighted by Crippen LogP contribution is -2.17. The van der Waals surface area contributed by atoms with Gasteiger partial charge in [0, 0.05) is 15.5 Å². The average molecular weight is 520 g/mol. The Kier molecular flexibility index (Phi) is 6.34. The van der Waals surface area contributed by atoms with Crippen molar-refractivity contribution in [2.75, 3.05) is 6.61 Å². The quantitative estimate of drug-likeness (QED) is 0.309. The minimum atomic E-state index is -0.480. The highest BCUT2D eigenvalue weighted by Gasteiger charge is 2.21. The van der Waals surface area contributed by atoms with Crippen LogP contribution in [0.15, 0.2) is 34.1 Å². The standard InChI is InChI=1S/C20H17IN4O3S/c1-4-28-20(27)17-11(2)15(9-22)18(29-17)23-10-16-12(3)24-25(19(16)26)14-7-5-13(21)6-8-14/h5-8,10,24H,4H2,1-3H3. The molecular formula is C20H17IN4O3S. The van der Waals surface area contributed by atoms with Gasteiger partial charge in [-0.1, -0.05) is 0 Å². The van der Waals surface area contributed by atoms with Crippen molar-refractivity contribution in [2.24, 2.45) is 4.99 Å². The van der Waals surface area contributed by atoms with E-state index in [9.17, 15) is 14.9 Å². The van der Waals surface area contributed by atoms with Gasteiger partial charge in [-0.25, -0.2) is 14.5 Å². The summed E-state index contributed by atoms with van der Waals surface area (Å²) >= 11 is 3.28. The third-order valence-corrected chi connectivity index (χ3v) is 6.11. The van der Waals surface area contributed by atoms with Crippen LogP contribution in [0, 0.1) is 28.7 Å². The van der Waals surface area contributed by atoms with Crippen LogP contribution >= 0.6 is 33.9 Å². The molecule has 148 valence electrons. The van der Waals surface area contributed by atoms with E-state index < -0.39 is 5.97 Å². The number of benzene rings is 1. The molecule has 3 rings (SSSR count). The molecule has 0 spiro atoms. The van der Waals surface area contributed by atoms with Crippen LogP contribution < -0.4 is 5.56 Å². The highest BCUT2D eigenvalue weighted by molar-refractivity contribution is 14.1. The largest absolute Gasteiger partial charge is 0.462 e. The van der Waals surface area contributed by atoms with Gasteiger partial charge in [0.25, 0.3) is 5.56 Å². The summed E-state index contributed by atoms with van der Waals surface area (Å²) in [7, 11) is 0. The lowest BCUT2D eigenvalue weighted by atomic mass is 10.2. The number of H-pyrrole nitrogens is 1. The van der Waals surface area contributed by atoms with E-state index >= 15 is 0 Å². The lowest BCUT2D eigenvalue weighted by molar-refractivity contribution is 0.0531. The highest BCUT2D eigenvalue weighted by atomic mass is 127. The van der Waals surface area contributed by atoms with Crippen LogP contribution in [0.25, 0.3) is 5.69 Å². The van der Waals surface area contributed by atoms with E-state index in [1.165, 1.54) is 10.9 Å². The van der Waals surface area contributed by atoms with E-state index in [1.54, 1.807) is 20.8 Å². The molecule has 1 aromatic carbocycles. The smallest absolute Gasteiger partial charge is 0.348 e. The molecule has 0 aliphatic heterocycles. The van der Waals surface area contributed by atoms with Crippen molar-refractivity contribution in [1.29, 1.82) is 5.26 Å². The number of nitrogens with one attached hydrogen (secondary N) is 1. The molecule has 7 nitrogen and oxygen atoms in total. The molecule has 0 unspecified atom stereocenters. The Hall–Kier alpha value is -2.71. The minimum Gasteiger partial charge on any atom is -0.462 e. The zero-order chi connectivity index (χ0) is 21.1. The van der Waals surface area contributed by atoms with Gasteiger partial charge in [0.1, 0.15) is 15.9 Å². The Balaban J connectivity index is 2.00. The van der Waals surface area contributed by atoms with E-state index in [2.05, 4.69) is 38.8 Å². The third kappa shape index (κ3) is 4.18. The highest BCUT2D eigenvalue weighted by Crippen LogP contribution is 2.35. The summed E-state index contributed by atoms with van der Waals surface area (Å²) < 4.78 is 7.55. The molecule has 0 bridgehead atoms. The number of aromatic amines is 1. The van der Waals surface area contributed by atoms with Gasteiger partial charge < -0.3 is 4.74 Å². The minimum absolute atomic E-state index is 0.245. The fourth-order valence-corrected chi connectivity index (χ4v) is 4.08. The Bertz CT molecular complexity index is 1200. The number of aromatic nitrogens is 2. The number of nitrogens with zero attached hydrogens (tertiary/aromatic N) is 3. The van der Waals surface area contributed by atoms with Gasteiger partial charge in [0.15, 0.2) is 0 Å². The molecule has 0 aliphatic carbocycles. The summed E-state index contributed by atoms with van der Waals surface area (Å²) in [6.07, 6.45) is 1.43. The summed E-state index contributed by atoms with van der Waals surface area (Å²) in [6, 6.07) is 9.61. The molecular weight excluding hydrogens is 503 g/mol. The fourth-order valence-electron chi connectivity index (χ4n) is 2.72. The van der Waals surface area contributed by atoms with Crippen LogP contribution in [0.4, 0.5) is 5.00 Å². The predicted octanol–water partition coefficient (Wildman–Crippen LogP) is 4.25. The van der Waals surface area contributed by atoms with Gasteiger partial charge in [0.05, 0.1) is 23.4 Å². The van der Waals surface area contributed by atoms with Gasteiger partial charge in [-0.3, -0.25) is 9.89 Å². The number of hydrogen-bond donors (Lipinski definition) is 1. The first-order valence-corrected chi connectivity index (χ1v) is 10.6. The third-order valence-electron chi connectivity index (χ3n) is 4.21. The summed E-state index contributed by atoms with van der Waals surface area (Å²) in [5.74, 6) is -0.480. The summed E-state index contributed by atoms with van der Waals surface area (Å²) in [5.41, 5.74) is 2.34. The number of ether oxygens (including phenoxy) is 1. The second-order valence-corrected chi connectivity index (χ2v) is 8.34. The molecule has 0 radical (unpaired) electrons. The number of carbonyl (C=O) groups excluding carboxylic acids is 1. The lowest BCUT2D eigenvalue weighted by Gasteiger charge is -2.00.